The van der Waals surface area contributed by atoms with Crippen LogP contribution in [0.4, 0.5) is 0 Å². The number of benzene rings is 1. The number of piperazine rings is 1. The molecule has 0 aliphatic carbocycles. The molecule has 1 aromatic carbocycles. The minimum atomic E-state index is -3.51. The molecule has 1 N–H and O–H groups in total. The number of carbonyl (C=O) groups excluding carboxylic acids is 1. The van der Waals surface area contributed by atoms with E-state index in [1.807, 2.05) is 30.3 Å². The van der Waals surface area contributed by atoms with E-state index < -0.39 is 10.0 Å². The Bertz CT molecular complexity index is 927. The fourth-order valence-electron chi connectivity index (χ4n) is 3.14. The van der Waals surface area contributed by atoms with Gasteiger partial charge in [-0.05, 0) is 30.0 Å². The van der Waals surface area contributed by atoms with Crippen molar-refractivity contribution < 1.29 is 13.2 Å². The third-order valence-corrected chi connectivity index (χ3v) is 6.16. The Hall–Kier alpha value is -2.45. The van der Waals surface area contributed by atoms with Gasteiger partial charge in [-0.2, -0.15) is 9.40 Å². The Morgan fingerprint density at radius 3 is 2.50 bits per heavy atom. The Balaban J connectivity index is 1.58. The number of nitrogens with zero attached hydrogens (tertiary/aromatic N) is 3. The molecule has 3 rings (SSSR count). The first-order valence-corrected chi connectivity index (χ1v) is 10.9. The van der Waals surface area contributed by atoms with Crippen LogP contribution >= 0.6 is 0 Å². The van der Waals surface area contributed by atoms with Gasteiger partial charge in [0.05, 0.1) is 0 Å². The molecular formula is C20H26N4O3S. The summed E-state index contributed by atoms with van der Waals surface area (Å²) in [5, 5.41) is 8.25. The van der Waals surface area contributed by atoms with E-state index in [1.54, 1.807) is 17.0 Å². The summed E-state index contributed by atoms with van der Waals surface area (Å²) in [6.45, 7) is 5.46. The highest BCUT2D eigenvalue weighted by atomic mass is 32.2. The zero-order valence-corrected chi connectivity index (χ0v) is 17.0. The number of rotatable bonds is 6. The molecule has 0 saturated carbocycles. The summed E-state index contributed by atoms with van der Waals surface area (Å²) in [5.74, 6) is 0.309. The topological polar surface area (TPSA) is 86.4 Å². The summed E-state index contributed by atoms with van der Waals surface area (Å²) in [4.78, 5) is 14.3. The second kappa shape index (κ2) is 8.70. The lowest BCUT2D eigenvalue weighted by Crippen LogP contribution is -2.50. The van der Waals surface area contributed by atoms with Crippen molar-refractivity contribution in [3.8, 4) is 0 Å². The van der Waals surface area contributed by atoms with Gasteiger partial charge in [0, 0.05) is 37.3 Å². The van der Waals surface area contributed by atoms with Gasteiger partial charge in [0.15, 0.2) is 0 Å². The van der Waals surface area contributed by atoms with Crippen molar-refractivity contribution in [1.29, 1.82) is 0 Å². The number of amides is 1. The third-order valence-electron chi connectivity index (χ3n) is 4.60. The Morgan fingerprint density at radius 2 is 1.86 bits per heavy atom. The number of carbonyl (C=O) groups is 1. The van der Waals surface area contributed by atoms with Crippen molar-refractivity contribution >= 4 is 22.0 Å². The minimum Gasteiger partial charge on any atom is -0.335 e. The average Bonchev–Trinajstić information content (AvgIpc) is 3.14. The molecule has 150 valence electrons. The van der Waals surface area contributed by atoms with E-state index >= 15 is 0 Å². The lowest BCUT2D eigenvalue weighted by atomic mass is 10.1. The van der Waals surface area contributed by atoms with Crippen LogP contribution < -0.4 is 0 Å². The number of nitrogens with one attached hydrogen (secondary N) is 1. The van der Waals surface area contributed by atoms with E-state index in [9.17, 15) is 13.2 Å². The molecule has 7 nitrogen and oxygen atoms in total. The number of hydrogen-bond donors (Lipinski definition) is 1. The average molecular weight is 403 g/mol. The van der Waals surface area contributed by atoms with Crippen LogP contribution in [0.1, 0.15) is 35.6 Å². The van der Waals surface area contributed by atoms with Gasteiger partial charge < -0.3 is 4.90 Å². The first-order valence-electron chi connectivity index (χ1n) is 9.42. The summed E-state index contributed by atoms with van der Waals surface area (Å²) in [7, 11) is -3.51. The lowest BCUT2D eigenvalue weighted by Gasteiger charge is -2.32. The van der Waals surface area contributed by atoms with Gasteiger partial charge in [0.25, 0.3) is 5.91 Å². The second-order valence-corrected chi connectivity index (χ2v) is 9.14. The van der Waals surface area contributed by atoms with Crippen molar-refractivity contribution in [3.63, 3.8) is 0 Å². The molecule has 1 aromatic heterocycles. The minimum absolute atomic E-state index is 0.164. The molecule has 1 aliphatic rings. The Labute approximate surface area is 166 Å². The smallest absolute Gasteiger partial charge is 0.274 e. The quantitative estimate of drug-likeness (QED) is 0.804. The van der Waals surface area contributed by atoms with E-state index in [0.717, 1.165) is 17.7 Å². The van der Waals surface area contributed by atoms with Crippen LogP contribution in [-0.2, 0) is 16.4 Å². The number of sulfonamides is 1. The highest BCUT2D eigenvalue weighted by molar-refractivity contribution is 7.92. The molecule has 1 saturated heterocycles. The highest BCUT2D eigenvalue weighted by Gasteiger charge is 2.28. The molecule has 0 radical (unpaired) electrons. The van der Waals surface area contributed by atoms with Gasteiger partial charge in [0.1, 0.15) is 5.69 Å². The van der Waals surface area contributed by atoms with Crippen molar-refractivity contribution in [2.75, 3.05) is 26.2 Å². The maximum absolute atomic E-state index is 12.6. The van der Waals surface area contributed by atoms with Gasteiger partial charge in [0.2, 0.25) is 10.0 Å². The third kappa shape index (κ3) is 5.08. The molecule has 1 fully saturated rings. The fraction of sp³-hybridized carbons (Fsp3) is 0.400. The maximum atomic E-state index is 12.6. The van der Waals surface area contributed by atoms with Crippen LogP contribution in [-0.4, -0.2) is 59.9 Å². The van der Waals surface area contributed by atoms with Crippen LogP contribution in [0.5, 0.6) is 0 Å². The van der Waals surface area contributed by atoms with Crippen LogP contribution in [0.25, 0.3) is 6.08 Å². The molecule has 0 spiro atoms. The number of aromatic amines is 1. The fourth-order valence-corrected chi connectivity index (χ4v) is 4.31. The van der Waals surface area contributed by atoms with Crippen molar-refractivity contribution in [2.24, 2.45) is 5.92 Å². The maximum Gasteiger partial charge on any atom is 0.274 e. The zero-order valence-electron chi connectivity index (χ0n) is 16.2. The zero-order chi connectivity index (χ0) is 20.1. The van der Waals surface area contributed by atoms with Gasteiger partial charge >= 0.3 is 0 Å². The van der Waals surface area contributed by atoms with Crippen LogP contribution in [0, 0.1) is 5.92 Å². The molecule has 2 heterocycles. The molecule has 0 bridgehead atoms. The monoisotopic (exact) mass is 402 g/mol. The van der Waals surface area contributed by atoms with Crippen LogP contribution in [0.3, 0.4) is 0 Å². The first kappa shape index (κ1) is 20.3. The Morgan fingerprint density at radius 1 is 1.18 bits per heavy atom. The molecule has 2 aromatic rings. The summed E-state index contributed by atoms with van der Waals surface area (Å²) in [5.41, 5.74) is 2.15. The molecular weight excluding hydrogens is 376 g/mol. The molecule has 1 aliphatic heterocycles. The predicted octanol–water partition coefficient (Wildman–Crippen LogP) is 2.37. The van der Waals surface area contributed by atoms with Gasteiger partial charge in [-0.1, -0.05) is 44.2 Å². The van der Waals surface area contributed by atoms with Gasteiger partial charge in [-0.3, -0.25) is 9.89 Å². The van der Waals surface area contributed by atoms with E-state index in [4.69, 9.17) is 0 Å². The number of H-pyrrole nitrogens is 1. The summed E-state index contributed by atoms with van der Waals surface area (Å²) in [6.07, 6.45) is 2.42. The number of aromatic nitrogens is 2. The van der Waals surface area contributed by atoms with E-state index in [2.05, 4.69) is 24.0 Å². The second-order valence-electron chi connectivity index (χ2n) is 7.33. The molecule has 8 heteroatoms. The summed E-state index contributed by atoms with van der Waals surface area (Å²) >= 11 is 0. The standard InChI is InChI=1S/C20H26N4O3S/c1-16(2)14-18-15-19(22-21-18)20(25)23-9-11-24(12-10-23)28(26,27)13-8-17-6-4-3-5-7-17/h3-8,13,15-16H,9-12,14H2,1-2H3,(H,21,22)/b13-8+. The number of hydrogen-bond acceptors (Lipinski definition) is 4. The molecule has 1 amide bonds. The molecule has 0 unspecified atom stereocenters. The normalized spacial score (nSPS) is 16.2. The van der Waals surface area contributed by atoms with Crippen LogP contribution in [0.15, 0.2) is 41.8 Å². The SMILES string of the molecule is CC(C)Cc1cc(C(=O)N2CCN(S(=O)(=O)/C=C/c3ccccc3)CC2)n[nH]1. The predicted molar refractivity (Wildman–Crippen MR) is 109 cm³/mol. The van der Waals surface area contributed by atoms with Crippen molar-refractivity contribution in [3.05, 3.63) is 58.8 Å². The van der Waals surface area contributed by atoms with Gasteiger partial charge in [-0.25, -0.2) is 8.42 Å². The van der Waals surface area contributed by atoms with Crippen molar-refractivity contribution in [1.82, 2.24) is 19.4 Å². The molecule has 28 heavy (non-hydrogen) atoms. The van der Waals surface area contributed by atoms with E-state index in [0.29, 0.717) is 24.7 Å². The lowest BCUT2D eigenvalue weighted by molar-refractivity contribution is 0.0692. The highest BCUT2D eigenvalue weighted by Crippen LogP contribution is 2.14. The summed E-state index contributed by atoms with van der Waals surface area (Å²) in [6, 6.07) is 11.1. The van der Waals surface area contributed by atoms with Gasteiger partial charge in [-0.15, -0.1) is 0 Å². The van der Waals surface area contributed by atoms with Crippen LogP contribution in [0.2, 0.25) is 0 Å². The largest absolute Gasteiger partial charge is 0.335 e. The Kier molecular flexibility index (Phi) is 6.31. The van der Waals surface area contributed by atoms with Crippen molar-refractivity contribution in [2.45, 2.75) is 20.3 Å². The van der Waals surface area contributed by atoms with E-state index in [1.165, 1.54) is 9.71 Å². The molecule has 0 atom stereocenters. The summed E-state index contributed by atoms with van der Waals surface area (Å²) < 4.78 is 26.5. The first-order chi connectivity index (χ1) is 13.3. The van der Waals surface area contributed by atoms with E-state index in [-0.39, 0.29) is 19.0 Å².